The lowest BCUT2D eigenvalue weighted by molar-refractivity contribution is -0.118. The van der Waals surface area contributed by atoms with Crippen molar-refractivity contribution in [3.8, 4) is 11.1 Å². The van der Waals surface area contributed by atoms with Crippen LogP contribution >= 0.6 is 22.9 Å². The predicted molar refractivity (Wildman–Crippen MR) is 114 cm³/mol. The van der Waals surface area contributed by atoms with Crippen LogP contribution in [-0.2, 0) is 4.79 Å². The first-order chi connectivity index (χ1) is 14.0. The van der Waals surface area contributed by atoms with Gasteiger partial charge in [0, 0.05) is 10.9 Å². The maximum Gasteiger partial charge on any atom is 0.263 e. The Morgan fingerprint density at radius 1 is 1.21 bits per heavy atom. The summed E-state index contributed by atoms with van der Waals surface area (Å²) in [4.78, 5) is 30.7. The van der Waals surface area contributed by atoms with E-state index >= 15 is 0 Å². The number of carbonyl (C=O) groups is 1. The normalized spacial score (nSPS) is 12.1. The first-order valence-electron chi connectivity index (χ1n) is 8.75. The molecule has 1 amide bonds. The van der Waals surface area contributed by atoms with E-state index in [2.05, 4.69) is 10.3 Å². The van der Waals surface area contributed by atoms with Gasteiger partial charge in [-0.25, -0.2) is 9.37 Å². The van der Waals surface area contributed by atoms with Crippen LogP contribution in [0.5, 0.6) is 0 Å². The Bertz CT molecular complexity index is 1270. The second-order valence-electron chi connectivity index (χ2n) is 6.44. The van der Waals surface area contributed by atoms with Gasteiger partial charge in [-0.2, -0.15) is 0 Å². The molecule has 0 bridgehead atoms. The van der Waals surface area contributed by atoms with Gasteiger partial charge < -0.3 is 5.32 Å². The highest BCUT2D eigenvalue weighted by molar-refractivity contribution is 7.17. The van der Waals surface area contributed by atoms with Gasteiger partial charge in [-0.05, 0) is 36.8 Å². The SMILES string of the molecule is C[C@@H](C(=O)Nc1ccccc1Cl)n1cnc2scc(-c3ccc(F)cc3)c2c1=O. The third-order valence-corrected chi connectivity index (χ3v) is 5.82. The van der Waals surface area contributed by atoms with Gasteiger partial charge in [0.2, 0.25) is 5.91 Å². The quantitative estimate of drug-likeness (QED) is 0.491. The zero-order valence-corrected chi connectivity index (χ0v) is 16.8. The first-order valence-corrected chi connectivity index (χ1v) is 10.0. The molecule has 1 N–H and O–H groups in total. The third kappa shape index (κ3) is 3.66. The highest BCUT2D eigenvalue weighted by atomic mass is 35.5. The lowest BCUT2D eigenvalue weighted by Crippen LogP contribution is -2.31. The molecule has 4 rings (SSSR count). The molecular weight excluding hydrogens is 413 g/mol. The van der Waals surface area contributed by atoms with Crippen LogP contribution in [0.2, 0.25) is 5.02 Å². The maximum atomic E-state index is 13.3. The second-order valence-corrected chi connectivity index (χ2v) is 7.70. The predicted octanol–water partition coefficient (Wildman–Crippen LogP) is 5.12. The van der Waals surface area contributed by atoms with Gasteiger partial charge >= 0.3 is 0 Å². The van der Waals surface area contributed by atoms with Crippen LogP contribution in [0.4, 0.5) is 10.1 Å². The van der Waals surface area contributed by atoms with E-state index in [0.29, 0.717) is 32.1 Å². The van der Waals surface area contributed by atoms with Crippen molar-refractivity contribution >= 4 is 44.7 Å². The highest BCUT2D eigenvalue weighted by Crippen LogP contribution is 2.31. The van der Waals surface area contributed by atoms with Crippen molar-refractivity contribution in [3.63, 3.8) is 0 Å². The van der Waals surface area contributed by atoms with E-state index in [0.717, 1.165) is 0 Å². The number of aromatic nitrogens is 2. The Labute approximate surface area is 174 Å². The molecule has 29 heavy (non-hydrogen) atoms. The largest absolute Gasteiger partial charge is 0.323 e. The molecule has 146 valence electrons. The number of anilines is 1. The highest BCUT2D eigenvalue weighted by Gasteiger charge is 2.21. The minimum atomic E-state index is -0.809. The molecule has 0 unspecified atom stereocenters. The Morgan fingerprint density at radius 2 is 1.93 bits per heavy atom. The molecule has 4 aromatic rings. The van der Waals surface area contributed by atoms with E-state index in [1.807, 2.05) is 5.38 Å². The average molecular weight is 428 g/mol. The van der Waals surface area contributed by atoms with Crippen LogP contribution in [-0.4, -0.2) is 15.5 Å². The van der Waals surface area contributed by atoms with Crippen molar-refractivity contribution in [2.45, 2.75) is 13.0 Å². The van der Waals surface area contributed by atoms with Gasteiger partial charge in [-0.15, -0.1) is 11.3 Å². The van der Waals surface area contributed by atoms with Crippen LogP contribution in [0.15, 0.2) is 65.0 Å². The number of hydrogen-bond acceptors (Lipinski definition) is 4. The zero-order chi connectivity index (χ0) is 20.5. The average Bonchev–Trinajstić information content (AvgIpc) is 3.15. The van der Waals surface area contributed by atoms with Crippen molar-refractivity contribution in [1.82, 2.24) is 9.55 Å². The molecule has 2 aromatic heterocycles. The Kier molecular flexibility index (Phi) is 5.17. The van der Waals surface area contributed by atoms with Crippen molar-refractivity contribution in [1.29, 1.82) is 0 Å². The number of rotatable bonds is 4. The summed E-state index contributed by atoms with van der Waals surface area (Å²) in [7, 11) is 0. The summed E-state index contributed by atoms with van der Waals surface area (Å²) in [6, 6.07) is 12.0. The number of para-hydroxylation sites is 1. The van der Waals surface area contributed by atoms with Crippen LogP contribution in [0.25, 0.3) is 21.3 Å². The number of amides is 1. The summed E-state index contributed by atoms with van der Waals surface area (Å²) >= 11 is 7.42. The molecule has 0 saturated heterocycles. The summed E-state index contributed by atoms with van der Waals surface area (Å²) in [5, 5.41) is 5.36. The molecular formula is C21H15ClFN3O2S. The number of nitrogens with zero attached hydrogens (tertiary/aromatic N) is 2. The van der Waals surface area contributed by atoms with Crippen molar-refractivity contribution in [2.75, 3.05) is 5.32 Å². The summed E-state index contributed by atoms with van der Waals surface area (Å²) in [5.41, 5.74) is 1.51. The standard InChI is InChI=1S/C21H15ClFN3O2S/c1-12(19(27)25-17-5-3-2-4-16(17)22)26-11-24-20-18(21(26)28)15(10-29-20)13-6-8-14(23)9-7-13/h2-12H,1H3,(H,25,27)/t12-/m0/s1. The van der Waals surface area contributed by atoms with Gasteiger partial charge in [0.1, 0.15) is 16.7 Å². The van der Waals surface area contributed by atoms with E-state index < -0.39 is 6.04 Å². The number of benzene rings is 2. The molecule has 5 nitrogen and oxygen atoms in total. The lowest BCUT2D eigenvalue weighted by atomic mass is 10.1. The number of hydrogen-bond donors (Lipinski definition) is 1. The van der Waals surface area contributed by atoms with Crippen LogP contribution in [0.1, 0.15) is 13.0 Å². The Hall–Kier alpha value is -3.03. The molecule has 8 heteroatoms. The number of halogens is 2. The second kappa shape index (κ2) is 7.77. The smallest absolute Gasteiger partial charge is 0.263 e. The lowest BCUT2D eigenvalue weighted by Gasteiger charge is -2.15. The Balaban J connectivity index is 1.72. The molecule has 0 spiro atoms. The van der Waals surface area contributed by atoms with Crippen LogP contribution in [0, 0.1) is 5.82 Å². The van der Waals surface area contributed by atoms with Crippen LogP contribution in [0.3, 0.4) is 0 Å². The van der Waals surface area contributed by atoms with Gasteiger partial charge in [-0.3, -0.25) is 14.2 Å². The van der Waals surface area contributed by atoms with Gasteiger partial charge in [0.25, 0.3) is 5.56 Å². The fraction of sp³-hybridized carbons (Fsp3) is 0.0952. The van der Waals surface area contributed by atoms with Gasteiger partial charge in [0.15, 0.2) is 0 Å². The molecule has 0 saturated carbocycles. The summed E-state index contributed by atoms with van der Waals surface area (Å²) in [6.07, 6.45) is 1.37. The molecule has 0 aliphatic carbocycles. The maximum absolute atomic E-state index is 13.3. The molecule has 0 radical (unpaired) electrons. The first kappa shape index (κ1) is 19.3. The number of thiophene rings is 1. The molecule has 1 atom stereocenters. The Morgan fingerprint density at radius 3 is 2.66 bits per heavy atom. The minimum absolute atomic E-state index is 0.336. The minimum Gasteiger partial charge on any atom is -0.323 e. The number of nitrogens with one attached hydrogen (secondary N) is 1. The van der Waals surface area contributed by atoms with E-state index in [-0.39, 0.29) is 17.3 Å². The van der Waals surface area contributed by atoms with Crippen molar-refractivity contribution < 1.29 is 9.18 Å². The summed E-state index contributed by atoms with van der Waals surface area (Å²) in [5.74, 6) is -0.742. The molecule has 0 aliphatic heterocycles. The van der Waals surface area contributed by atoms with E-state index in [1.165, 1.54) is 34.4 Å². The summed E-state index contributed by atoms with van der Waals surface area (Å²) < 4.78 is 14.5. The third-order valence-electron chi connectivity index (χ3n) is 4.60. The fourth-order valence-corrected chi connectivity index (χ4v) is 4.08. The monoisotopic (exact) mass is 427 g/mol. The molecule has 2 aromatic carbocycles. The van der Waals surface area contributed by atoms with Crippen molar-refractivity contribution in [3.05, 3.63) is 81.4 Å². The van der Waals surface area contributed by atoms with Gasteiger partial charge in [0.05, 0.1) is 22.4 Å². The van der Waals surface area contributed by atoms with E-state index in [4.69, 9.17) is 11.6 Å². The fourth-order valence-electron chi connectivity index (χ4n) is 2.99. The topological polar surface area (TPSA) is 64.0 Å². The van der Waals surface area contributed by atoms with Gasteiger partial charge in [-0.1, -0.05) is 35.9 Å². The number of carbonyl (C=O) groups excluding carboxylic acids is 1. The zero-order valence-electron chi connectivity index (χ0n) is 15.2. The molecule has 0 aliphatic rings. The van der Waals surface area contributed by atoms with Crippen molar-refractivity contribution in [2.24, 2.45) is 0 Å². The van der Waals surface area contributed by atoms with E-state index in [1.54, 1.807) is 43.3 Å². The molecule has 2 heterocycles. The number of fused-ring (bicyclic) bond motifs is 1. The van der Waals surface area contributed by atoms with E-state index in [9.17, 15) is 14.0 Å². The van der Waals surface area contributed by atoms with Crippen LogP contribution < -0.4 is 10.9 Å². The molecule has 0 fully saturated rings. The summed E-state index contributed by atoms with van der Waals surface area (Å²) in [6.45, 7) is 1.62.